The van der Waals surface area contributed by atoms with Crippen LogP contribution < -0.4 is 20.8 Å². The lowest BCUT2D eigenvalue weighted by Gasteiger charge is -2.28. The Morgan fingerprint density at radius 2 is 1.51 bits per heavy atom. The number of hydrogen-bond donors (Lipinski definition) is 4. The molecule has 0 saturated carbocycles. The van der Waals surface area contributed by atoms with E-state index in [1.54, 1.807) is 7.11 Å². The summed E-state index contributed by atoms with van der Waals surface area (Å²) >= 11 is 0. The van der Waals surface area contributed by atoms with Crippen LogP contribution in [0, 0.1) is 49.4 Å². The predicted molar refractivity (Wildman–Crippen MR) is 277 cm³/mol. The molecular formula is C58H82N4O6. The Morgan fingerprint density at radius 3 is 2.18 bits per heavy atom. The van der Waals surface area contributed by atoms with Crippen LogP contribution >= 0.6 is 0 Å². The van der Waals surface area contributed by atoms with Crippen molar-refractivity contribution in [3.63, 3.8) is 0 Å². The van der Waals surface area contributed by atoms with Crippen molar-refractivity contribution in [2.75, 3.05) is 20.8 Å². The highest BCUT2D eigenvalue weighted by Gasteiger charge is 2.42. The van der Waals surface area contributed by atoms with Crippen molar-refractivity contribution in [3.8, 4) is 5.75 Å². The van der Waals surface area contributed by atoms with Gasteiger partial charge in [0.2, 0.25) is 0 Å². The molecule has 1 aliphatic carbocycles. The first-order valence-corrected chi connectivity index (χ1v) is 25.8. The van der Waals surface area contributed by atoms with Crippen molar-refractivity contribution >= 4 is 47.6 Å². The molecule has 5 atom stereocenters. The molecule has 5 heterocycles. The number of hydrogen-bond acceptors (Lipinski definition) is 7. The van der Waals surface area contributed by atoms with Crippen molar-refractivity contribution in [2.45, 2.75) is 159 Å². The number of H-pyrrole nitrogens is 3. The van der Waals surface area contributed by atoms with Gasteiger partial charge in [0.25, 0.3) is 0 Å². The fourth-order valence-corrected chi connectivity index (χ4v) is 11.0. The van der Waals surface area contributed by atoms with E-state index in [0.717, 1.165) is 115 Å². The molecule has 4 N–H and O–H groups in total. The average Bonchev–Trinajstić information content (AvgIpc) is 3.99. The number of nitrogens with one attached hydrogen (secondary N) is 4. The molecule has 0 amide bonds. The summed E-state index contributed by atoms with van der Waals surface area (Å²) in [6.07, 6.45) is 24.2. The van der Waals surface area contributed by atoms with Gasteiger partial charge in [0, 0.05) is 86.7 Å². The zero-order valence-corrected chi connectivity index (χ0v) is 43.3. The summed E-state index contributed by atoms with van der Waals surface area (Å²) in [5.41, 5.74) is 12.1. The second-order valence-corrected chi connectivity index (χ2v) is 20.8. The summed E-state index contributed by atoms with van der Waals surface area (Å²) in [7, 11) is 3.08. The summed E-state index contributed by atoms with van der Waals surface area (Å²) in [6.45, 7) is 24.5. The lowest BCUT2D eigenvalue weighted by Crippen LogP contribution is -2.26. The van der Waals surface area contributed by atoms with Crippen LogP contribution in [0.2, 0.25) is 0 Å². The van der Waals surface area contributed by atoms with Gasteiger partial charge >= 0.3 is 11.9 Å². The normalized spacial score (nSPS) is 18.7. The van der Waals surface area contributed by atoms with Crippen LogP contribution in [0.15, 0.2) is 29.6 Å². The Bertz CT molecular complexity index is 2520. The van der Waals surface area contributed by atoms with E-state index in [0.29, 0.717) is 24.8 Å². The van der Waals surface area contributed by atoms with E-state index in [-0.39, 0.29) is 49.0 Å². The number of ether oxygens (including phenoxy) is 3. The first kappa shape index (κ1) is 52.1. The van der Waals surface area contributed by atoms with Gasteiger partial charge in [-0.25, -0.2) is 0 Å². The van der Waals surface area contributed by atoms with Crippen molar-refractivity contribution in [2.24, 2.45) is 35.5 Å². The van der Waals surface area contributed by atoms with Crippen LogP contribution in [0.1, 0.15) is 194 Å². The molecule has 68 heavy (non-hydrogen) atoms. The molecule has 1 fully saturated rings. The van der Waals surface area contributed by atoms with Crippen molar-refractivity contribution in [3.05, 3.63) is 90.9 Å². The minimum absolute atomic E-state index is 0.00669. The minimum atomic E-state index is -0.422. The molecule has 3 aromatic rings. The van der Waals surface area contributed by atoms with E-state index in [2.05, 4.69) is 107 Å². The molecule has 10 nitrogen and oxygen atoms in total. The van der Waals surface area contributed by atoms with E-state index >= 15 is 0 Å². The van der Waals surface area contributed by atoms with Crippen LogP contribution in [-0.2, 0) is 25.5 Å². The molecule has 1 saturated heterocycles. The first-order valence-electron chi connectivity index (χ1n) is 25.8. The van der Waals surface area contributed by atoms with Gasteiger partial charge in [0.05, 0.1) is 31.7 Å². The largest absolute Gasteiger partial charge is 0.494 e. The van der Waals surface area contributed by atoms with Crippen molar-refractivity contribution in [1.82, 2.24) is 20.3 Å². The third-order valence-corrected chi connectivity index (χ3v) is 15.2. The average molecular weight is 931 g/mol. The number of carbonyl (C=O) groups is 3. The van der Waals surface area contributed by atoms with Gasteiger partial charge in [-0.2, -0.15) is 0 Å². The Labute approximate surface area is 406 Å². The van der Waals surface area contributed by atoms with Crippen LogP contribution in [-0.4, -0.2) is 53.5 Å². The summed E-state index contributed by atoms with van der Waals surface area (Å²) in [4.78, 5) is 51.5. The van der Waals surface area contributed by atoms with Crippen LogP contribution in [0.3, 0.4) is 0 Å². The second-order valence-electron chi connectivity index (χ2n) is 20.8. The molecule has 8 bridgehead atoms. The Balaban J connectivity index is 1.22. The smallest absolute Gasteiger partial charge is 0.306 e. The number of aromatic amines is 3. The number of Topliss-reactive ketones (excluding diaryl/α,β-unsaturated/α-hetero) is 1. The van der Waals surface area contributed by atoms with E-state index in [4.69, 9.17) is 14.2 Å². The lowest BCUT2D eigenvalue weighted by molar-refractivity contribution is -0.143. The molecule has 2 unspecified atom stereocenters. The SMILES string of the molecule is C=Cc1c2[nH]c(c1C)C=C1NC(=C3c4[nH]c(c(C)c4C(=O)CC3CC(=O)OC)C=c3[nH]c(c(OC)c3CC)=C2)[C@@H](CCCC(=O)OCC=C(C)CCC[C@H](C)CCC[C@H](C)CCCC(C)C)C1C. The zero-order valence-electron chi connectivity index (χ0n) is 43.3. The number of esters is 2. The summed E-state index contributed by atoms with van der Waals surface area (Å²) < 4.78 is 17.0. The van der Waals surface area contributed by atoms with Crippen molar-refractivity contribution in [1.29, 1.82) is 0 Å². The number of carbonyl (C=O) groups excluding carboxylic acids is 3. The highest BCUT2D eigenvalue weighted by molar-refractivity contribution is 6.07. The van der Waals surface area contributed by atoms with E-state index in [1.165, 1.54) is 57.6 Å². The number of rotatable bonds is 23. The fourth-order valence-electron chi connectivity index (χ4n) is 11.0. The standard InChI is InChI=1S/C58H82N4O6/c1-13-42-38(8)45-31-46-39(9)44(25-18-26-52(64)68-28-27-37(7)24-17-23-36(6)22-16-21-35(5)20-15-19-34(3)4)56(61-46)55-41(30-53(65)66-11)29-51(63)54-40(10)47(62-57(54)55)32-49-43(14-2)58(67-12)50(60-49)33-48(42)59-45/h13,27,31-36,39,41,44,59-62H,1,14-26,28-30H2,2-12H3/t35-,36-,39?,41?,44+/m1/s1. The molecule has 3 aliphatic rings. The van der Waals surface area contributed by atoms with Crippen molar-refractivity contribution < 1.29 is 28.6 Å². The highest BCUT2D eigenvalue weighted by Crippen LogP contribution is 2.48. The predicted octanol–water partition coefficient (Wildman–Crippen LogP) is 11.9. The lowest BCUT2D eigenvalue weighted by atomic mass is 9.76. The Hall–Kier alpha value is -5.25. The molecule has 0 spiro atoms. The number of allylic oxidation sites excluding steroid dienone is 4. The molecule has 6 rings (SSSR count). The Kier molecular flexibility index (Phi) is 18.3. The van der Waals surface area contributed by atoms with Gasteiger partial charge in [0.15, 0.2) is 5.78 Å². The minimum Gasteiger partial charge on any atom is -0.494 e. The summed E-state index contributed by atoms with van der Waals surface area (Å²) in [5, 5.41) is 5.57. The number of fused-ring (bicyclic) bond motifs is 7. The summed E-state index contributed by atoms with van der Waals surface area (Å²) in [5.74, 6) is 2.09. The first-order chi connectivity index (χ1) is 32.6. The Morgan fingerprint density at radius 1 is 0.838 bits per heavy atom. The third-order valence-electron chi connectivity index (χ3n) is 15.2. The number of methoxy groups -OCH3 is 2. The van der Waals surface area contributed by atoms with Gasteiger partial charge in [0.1, 0.15) is 12.4 Å². The monoisotopic (exact) mass is 931 g/mol. The zero-order chi connectivity index (χ0) is 49.2. The molecule has 0 radical (unpaired) electrons. The maximum absolute atomic E-state index is 14.2. The van der Waals surface area contributed by atoms with E-state index in [9.17, 15) is 14.4 Å². The molecule has 3 aromatic heterocycles. The maximum atomic E-state index is 14.2. The van der Waals surface area contributed by atoms with Crippen LogP contribution in [0.4, 0.5) is 0 Å². The maximum Gasteiger partial charge on any atom is 0.306 e. The van der Waals surface area contributed by atoms with Crippen LogP contribution in [0.5, 0.6) is 5.75 Å². The van der Waals surface area contributed by atoms with E-state index in [1.807, 2.05) is 13.0 Å². The number of ketones is 1. The van der Waals surface area contributed by atoms with Gasteiger partial charge in [-0.15, -0.1) is 0 Å². The molecule has 10 heteroatoms. The fraction of sp³-hybridized carbons (Fsp3) is 0.569. The number of aromatic nitrogens is 3. The molecule has 0 aromatic carbocycles. The summed E-state index contributed by atoms with van der Waals surface area (Å²) in [6, 6.07) is 0. The van der Waals surface area contributed by atoms with Crippen LogP contribution in [0.25, 0.3) is 29.9 Å². The second kappa shape index (κ2) is 23.9. The van der Waals surface area contributed by atoms with Gasteiger partial charge < -0.3 is 34.5 Å². The van der Waals surface area contributed by atoms with Gasteiger partial charge in [-0.05, 0) is 106 Å². The van der Waals surface area contributed by atoms with Gasteiger partial charge in [-0.1, -0.05) is 105 Å². The topological polar surface area (TPSA) is 138 Å². The molecule has 2 aliphatic heterocycles. The third kappa shape index (κ3) is 12.3. The molecule has 370 valence electrons. The van der Waals surface area contributed by atoms with E-state index < -0.39 is 5.92 Å². The highest BCUT2D eigenvalue weighted by atomic mass is 16.5. The van der Waals surface area contributed by atoms with Gasteiger partial charge in [-0.3, -0.25) is 14.4 Å². The molecular weight excluding hydrogens is 849 g/mol. The quantitative estimate of drug-likeness (QED) is 0.0549.